The van der Waals surface area contributed by atoms with Crippen molar-refractivity contribution >= 4 is 167 Å². The number of carboxylic acids is 4. The number of carbonyl (C=O) groups is 21. The largest absolute Gasteiger partial charge is 0.481 e. The van der Waals surface area contributed by atoms with E-state index in [1.54, 1.807) is 27.7 Å². The number of aliphatic hydroxyl groups excluding tert-OH is 1. The summed E-state index contributed by atoms with van der Waals surface area (Å²) in [4.78, 5) is 288. The minimum atomic E-state index is -2.11. The third kappa shape index (κ3) is 36.7. The first kappa shape index (κ1) is 99.3. The molecule has 0 spiro atoms. The Morgan fingerprint density at radius 3 is 1.48 bits per heavy atom. The summed E-state index contributed by atoms with van der Waals surface area (Å²) in [7, 11) is 2.59. The van der Waals surface area contributed by atoms with E-state index in [-0.39, 0.29) is 18.8 Å². The molecule has 17 amide bonds. The van der Waals surface area contributed by atoms with E-state index in [2.05, 4.69) is 74.4 Å². The molecule has 3 saturated heterocycles. The predicted molar refractivity (Wildman–Crippen MR) is 405 cm³/mol. The molecule has 0 aromatic rings. The van der Waals surface area contributed by atoms with E-state index >= 15 is 0 Å². The Morgan fingerprint density at radius 1 is 0.469 bits per heavy atom. The van der Waals surface area contributed by atoms with Crippen LogP contribution in [0.2, 0.25) is 0 Å². The van der Waals surface area contributed by atoms with E-state index in [4.69, 9.17) is 17.2 Å². The van der Waals surface area contributed by atoms with Crippen LogP contribution in [0, 0.1) is 23.7 Å². The normalized spacial score (nSPS) is 24.5. The van der Waals surface area contributed by atoms with Crippen LogP contribution in [0.3, 0.4) is 0 Å². The van der Waals surface area contributed by atoms with Crippen molar-refractivity contribution in [1.82, 2.24) is 79.8 Å². The van der Waals surface area contributed by atoms with Crippen LogP contribution in [0.15, 0.2) is 0 Å². The quantitative estimate of drug-likeness (QED) is 0.0256. The summed E-state index contributed by atoms with van der Waals surface area (Å²) in [5.41, 5.74) is 16.4. The van der Waals surface area contributed by atoms with Gasteiger partial charge in [0, 0.05) is 35.9 Å². The van der Waals surface area contributed by atoms with Gasteiger partial charge in [0.15, 0.2) is 0 Å². The fourth-order valence-corrected chi connectivity index (χ4v) is 15.0. The first-order valence-corrected chi connectivity index (χ1v) is 40.5. The smallest absolute Gasteiger partial charge is 0.326 e. The van der Waals surface area contributed by atoms with Gasteiger partial charge >= 0.3 is 23.9 Å². The van der Waals surface area contributed by atoms with Gasteiger partial charge in [0.1, 0.15) is 84.6 Å². The number of carboxylic acid groups (broad SMARTS) is 4. The average Bonchev–Trinajstić information content (AvgIpc) is 0.951. The van der Waals surface area contributed by atoms with Crippen LogP contribution in [0.4, 0.5) is 0 Å². The van der Waals surface area contributed by atoms with E-state index in [0.717, 1.165) is 35.4 Å². The molecule has 0 aromatic heterocycles. The third-order valence-electron chi connectivity index (χ3n) is 16.4. The SMILES string of the molecule is CC(C)C[C@@H]1NC(=O)[C@H](CCC(=O)O)NC(=O)[C@@H](NC(=O)[C@H](CCC(=O)O)NC(=O)[C@H](CC(=O)O)NC(=O)[C@H](N)CC(N)=O)CSSC[C@@H]2NC(=O)[C@H](C)NC(=O)C(C(C)C)NC(=O)[C@H](CC(N)=O)NC(=O)[C@H](C(C)C)NC(=O)[C@H](CSSC[C@@H](C(=O)N[C@H](CC(C)C)C(=O)O)NC(=O)CNC(=O)[C@H]([C@@H](C)O)NC2=O)NC1=O. The molecule has 16 atom stereocenters. The Labute approximate surface area is 664 Å². The highest BCUT2D eigenvalue weighted by Crippen LogP contribution is 2.26. The summed E-state index contributed by atoms with van der Waals surface area (Å²) < 4.78 is 0. The Morgan fingerprint density at radius 2 is 0.965 bits per heavy atom. The second-order valence-electron chi connectivity index (χ2n) is 28.0. The molecule has 1 unspecified atom stereocenters. The Balaban J connectivity index is 3.28. The van der Waals surface area contributed by atoms with Crippen LogP contribution < -0.4 is 97.0 Å². The maximum absolute atomic E-state index is 14.9. The van der Waals surface area contributed by atoms with E-state index in [1.807, 2.05) is 5.32 Å². The molecular formula is C65H104N18O26S4. The number of aliphatic carboxylic acids is 4. The van der Waals surface area contributed by atoms with Gasteiger partial charge < -0.3 is 122 Å². The summed E-state index contributed by atoms with van der Waals surface area (Å²) in [5, 5.41) is 85.4. The average molecular weight is 1680 g/mol. The number of hydrogen-bond acceptors (Lipinski definition) is 27. The number of rotatable bonds is 28. The molecule has 3 heterocycles. The zero-order valence-corrected chi connectivity index (χ0v) is 66.9. The van der Waals surface area contributed by atoms with Crippen molar-refractivity contribution < 1.29 is 126 Å². The van der Waals surface area contributed by atoms with E-state index < -0.39 is 313 Å². The monoisotopic (exact) mass is 1680 g/mol. The molecular weight excluding hydrogens is 1580 g/mol. The molecule has 634 valence electrons. The molecule has 0 aliphatic carbocycles. The van der Waals surface area contributed by atoms with Crippen molar-refractivity contribution in [3.05, 3.63) is 0 Å². The zero-order valence-electron chi connectivity index (χ0n) is 63.6. The van der Waals surface area contributed by atoms with E-state index in [1.165, 1.54) is 27.7 Å². The number of fused-ring (bicyclic) bond motifs is 37. The zero-order chi connectivity index (χ0) is 86.0. The van der Waals surface area contributed by atoms with Crippen LogP contribution in [0.1, 0.15) is 127 Å². The van der Waals surface area contributed by atoms with Gasteiger partial charge in [-0.15, -0.1) is 0 Å². The summed E-state index contributed by atoms with van der Waals surface area (Å²) in [6, 6.07) is -27.7. The van der Waals surface area contributed by atoms with E-state index in [0.29, 0.717) is 21.6 Å². The molecule has 113 heavy (non-hydrogen) atoms. The van der Waals surface area contributed by atoms with Crippen LogP contribution in [0.25, 0.3) is 0 Å². The molecule has 3 rings (SSSR count). The maximum Gasteiger partial charge on any atom is 0.326 e. The summed E-state index contributed by atoms with van der Waals surface area (Å²) in [5.74, 6) is -32.5. The van der Waals surface area contributed by atoms with Crippen molar-refractivity contribution in [2.24, 2.45) is 40.9 Å². The molecule has 2 bridgehead atoms. The molecule has 0 aromatic carbocycles. The summed E-state index contributed by atoms with van der Waals surface area (Å²) >= 11 is 0. The lowest BCUT2D eigenvalue weighted by Crippen LogP contribution is -2.62. The van der Waals surface area contributed by atoms with Gasteiger partial charge in [0.2, 0.25) is 100 Å². The second-order valence-corrected chi connectivity index (χ2v) is 33.1. The predicted octanol–water partition coefficient (Wildman–Crippen LogP) is -8.15. The third-order valence-corrected chi connectivity index (χ3v) is 21.3. The van der Waals surface area contributed by atoms with Crippen molar-refractivity contribution in [2.75, 3.05) is 29.6 Å². The van der Waals surface area contributed by atoms with Crippen LogP contribution >= 0.6 is 43.2 Å². The van der Waals surface area contributed by atoms with Crippen LogP contribution in [-0.2, 0) is 101 Å². The topological polar surface area (TPSA) is 718 Å². The van der Waals surface area contributed by atoms with Crippen molar-refractivity contribution in [3.63, 3.8) is 0 Å². The van der Waals surface area contributed by atoms with Gasteiger partial charge in [-0.25, -0.2) is 4.79 Å². The van der Waals surface area contributed by atoms with Gasteiger partial charge in [-0.05, 0) is 63.2 Å². The number of primary amides is 2. The molecule has 44 nitrogen and oxygen atoms in total. The molecule has 3 fully saturated rings. The number of hydrogen-bond donors (Lipinski definition) is 23. The Bertz CT molecular complexity index is 3490. The van der Waals surface area contributed by atoms with Crippen molar-refractivity contribution in [3.8, 4) is 0 Å². The molecule has 3 aliphatic heterocycles. The lowest BCUT2D eigenvalue weighted by molar-refractivity contribution is -0.143. The molecule has 0 radical (unpaired) electrons. The van der Waals surface area contributed by atoms with Crippen molar-refractivity contribution in [2.45, 2.75) is 224 Å². The standard InChI is InChI=1S/C65H104N18O26S4/c1-25(2)15-34-55(98)80-41-24-113-110-21-38(58(101)77-37(65(108)109)16-26(3)4)71-44(87)20-69-62(105)50(30(10)84)83-61(104)40(78-51(94)29(9)70-63(106)48(27(5)6)81-57(100)35(18-43(68)86)76-64(107)49(28(7)8)82-60(41)103)23-112-111-22-39(59(102)73-32(53(96)75-34)11-13-45(88)89)79-54(97)33(12-14-46(90)91)72-56(99)36(19-47(92)93)74-52(95)31(66)17-42(67)85/h25-41,48-50,84H,11-24,66H2,1-10H3,(H2,67,85)(H2,68,86)(H,69,105)(H,70,106)(H,71,87)(H,72,99)(H,73,102)(H,74,95)(H,75,96)(H,76,107)(H,77,101)(H,78,94)(H,79,97)(H,80,98)(H,81,100)(H,82,103)(H,83,104)(H,88,89)(H,90,91)(H,92,93)(H,108,109)/t29-,30+,31+,32-,33-,34-,35-,36-,37+,38-,39-,40-,41-,48?,49-,50-/m0/s1. The summed E-state index contributed by atoms with van der Waals surface area (Å²) in [6.07, 6.45) is -8.77. The van der Waals surface area contributed by atoms with Crippen molar-refractivity contribution in [1.29, 1.82) is 0 Å². The van der Waals surface area contributed by atoms with Gasteiger partial charge in [0.05, 0.1) is 38.0 Å². The van der Waals surface area contributed by atoms with Gasteiger partial charge in [-0.1, -0.05) is 98.6 Å². The number of aliphatic hydroxyl groups is 1. The van der Waals surface area contributed by atoms with E-state index in [9.17, 15) is 126 Å². The fraction of sp³-hybridized carbons (Fsp3) is 0.677. The summed E-state index contributed by atoms with van der Waals surface area (Å²) in [6.45, 7) is 13.3. The Kier molecular flexibility index (Phi) is 43.0. The number of nitrogens with one attached hydrogen (secondary N) is 15. The highest BCUT2D eigenvalue weighted by atomic mass is 33.1. The number of carbonyl (C=O) groups excluding carboxylic acids is 17. The molecule has 0 saturated carbocycles. The first-order valence-electron chi connectivity index (χ1n) is 35.5. The van der Waals surface area contributed by atoms with Gasteiger partial charge in [-0.2, -0.15) is 0 Å². The fourth-order valence-electron chi connectivity index (χ4n) is 10.4. The molecule has 48 heteroatoms. The minimum absolute atomic E-state index is 0.111. The lowest BCUT2D eigenvalue weighted by Gasteiger charge is -2.29. The number of amides is 17. The molecule has 3 aliphatic rings. The highest BCUT2D eigenvalue weighted by Gasteiger charge is 2.41. The van der Waals surface area contributed by atoms with Gasteiger partial charge in [0.25, 0.3) is 0 Å². The number of nitrogens with two attached hydrogens (primary N) is 3. The lowest BCUT2D eigenvalue weighted by atomic mass is 10.00. The maximum atomic E-state index is 14.9. The molecule has 26 N–H and O–H groups in total. The second kappa shape index (κ2) is 49.0. The Hall–Kier alpha value is -9.81. The first-order chi connectivity index (χ1) is 52.6. The van der Waals surface area contributed by atoms with Crippen LogP contribution in [-0.4, -0.2) is 276 Å². The van der Waals surface area contributed by atoms with Gasteiger partial charge in [-0.3, -0.25) is 95.9 Å². The minimum Gasteiger partial charge on any atom is -0.481 e. The van der Waals surface area contributed by atoms with Crippen LogP contribution in [0.5, 0.6) is 0 Å². The highest BCUT2D eigenvalue weighted by molar-refractivity contribution is 8.77.